The van der Waals surface area contributed by atoms with E-state index in [1.165, 1.54) is 0 Å². The molecule has 2 aromatic carbocycles. The minimum Gasteiger partial charge on any atom is -0.503 e. The number of hydrogen-bond acceptors (Lipinski definition) is 3. The van der Waals surface area contributed by atoms with Gasteiger partial charge in [0.2, 0.25) is 0 Å². The molecule has 0 amide bonds. The second-order valence-electron chi connectivity index (χ2n) is 4.86. The molecule has 22 heavy (non-hydrogen) atoms. The molecule has 2 N–H and O–H groups in total. The van der Waals surface area contributed by atoms with Gasteiger partial charge in [-0.25, -0.2) is 13.6 Å². The number of phenols is 1. The molecule has 0 aliphatic rings. The lowest BCUT2D eigenvalue weighted by molar-refractivity contribution is 0.0701. The fraction of sp³-hybridized carbons (Fsp3) is 0.0625. The largest absolute Gasteiger partial charge is 0.503 e. The molecule has 0 spiro atoms. The normalized spacial score (nSPS) is 11.0. The van der Waals surface area contributed by atoms with Crippen LogP contribution in [0.2, 0.25) is 0 Å². The molecule has 0 radical (unpaired) electrons. The van der Waals surface area contributed by atoms with Crippen LogP contribution in [0.15, 0.2) is 30.3 Å². The number of thiophene rings is 1. The summed E-state index contributed by atoms with van der Waals surface area (Å²) in [5, 5.41) is 19.0. The number of carbonyl (C=O) groups is 1. The van der Waals surface area contributed by atoms with E-state index in [9.17, 15) is 13.6 Å². The molecule has 1 heterocycles. The lowest BCUT2D eigenvalue weighted by atomic mass is 10.0. The minimum absolute atomic E-state index is 0.246. The Morgan fingerprint density at radius 3 is 2.32 bits per heavy atom. The number of aromatic carboxylic acids is 1. The Bertz CT molecular complexity index is 892. The highest BCUT2D eigenvalue weighted by Crippen LogP contribution is 2.35. The smallest absolute Gasteiger partial charge is 0.346 e. The minimum atomic E-state index is -1.04. The van der Waals surface area contributed by atoms with Crippen LogP contribution in [0.5, 0.6) is 5.75 Å². The summed E-state index contributed by atoms with van der Waals surface area (Å²) in [6, 6.07) is 7.16. The number of hydrogen-bond donors (Lipinski definition) is 2. The molecule has 0 atom stereocenters. The second-order valence-corrected chi connectivity index (χ2v) is 5.91. The van der Waals surface area contributed by atoms with Crippen LogP contribution in [0.4, 0.5) is 8.78 Å². The van der Waals surface area contributed by atoms with Gasteiger partial charge in [0.1, 0.15) is 4.88 Å². The predicted molar refractivity (Wildman–Crippen MR) is 80.5 cm³/mol. The summed E-state index contributed by atoms with van der Waals surface area (Å²) in [5.74, 6) is -4.08. The number of benzene rings is 2. The van der Waals surface area contributed by atoms with Crippen molar-refractivity contribution in [3.8, 4) is 16.9 Å². The lowest BCUT2D eigenvalue weighted by Gasteiger charge is -2.05. The van der Waals surface area contributed by atoms with Crippen molar-refractivity contribution in [3.05, 3.63) is 52.4 Å². The maximum Gasteiger partial charge on any atom is 0.346 e. The van der Waals surface area contributed by atoms with Gasteiger partial charge in [-0.3, -0.25) is 0 Å². The van der Waals surface area contributed by atoms with Crippen molar-refractivity contribution in [2.45, 2.75) is 6.92 Å². The van der Waals surface area contributed by atoms with E-state index in [4.69, 9.17) is 10.2 Å². The molecule has 0 aliphatic carbocycles. The number of rotatable bonds is 2. The molecule has 0 saturated carbocycles. The van der Waals surface area contributed by atoms with Crippen LogP contribution in [-0.2, 0) is 0 Å². The molecule has 1 aromatic heterocycles. The molecule has 0 aliphatic heterocycles. The summed E-state index contributed by atoms with van der Waals surface area (Å²) >= 11 is 1.16. The van der Waals surface area contributed by atoms with Crippen molar-refractivity contribution in [2.24, 2.45) is 0 Å². The summed E-state index contributed by atoms with van der Waals surface area (Å²) in [4.78, 5) is 11.4. The number of phenolic OH excluding ortho intramolecular Hbond substituents is 1. The molecule has 0 saturated heterocycles. The molecule has 0 bridgehead atoms. The molecular weight excluding hydrogens is 310 g/mol. The van der Waals surface area contributed by atoms with Crippen molar-refractivity contribution in [1.82, 2.24) is 0 Å². The number of aryl methyl sites for hydroxylation is 1. The molecule has 6 heteroatoms. The SMILES string of the molecule is Cc1c(C(=O)O)sc2ccc(-c3cc(F)c(O)c(F)c3)cc12. The van der Waals surface area contributed by atoms with Gasteiger partial charge in [0, 0.05) is 4.70 Å². The molecule has 3 rings (SSSR count). The summed E-state index contributed by atoms with van der Waals surface area (Å²) in [7, 11) is 0. The number of fused-ring (bicyclic) bond motifs is 1. The molecule has 0 unspecified atom stereocenters. The fourth-order valence-electron chi connectivity index (χ4n) is 2.34. The molecular formula is C16H10F2O3S. The number of carboxylic acids is 1. The zero-order valence-electron chi connectivity index (χ0n) is 11.4. The lowest BCUT2D eigenvalue weighted by Crippen LogP contribution is -1.93. The Balaban J connectivity index is 2.20. The zero-order valence-corrected chi connectivity index (χ0v) is 12.2. The van der Waals surface area contributed by atoms with Crippen LogP contribution < -0.4 is 0 Å². The Hall–Kier alpha value is -2.47. The van der Waals surface area contributed by atoms with Crippen LogP contribution in [0.3, 0.4) is 0 Å². The first-order valence-corrected chi connectivity index (χ1v) is 7.15. The van der Waals surface area contributed by atoms with Gasteiger partial charge in [-0.1, -0.05) is 6.07 Å². The van der Waals surface area contributed by atoms with Crippen molar-refractivity contribution in [1.29, 1.82) is 0 Å². The van der Waals surface area contributed by atoms with E-state index in [-0.39, 0.29) is 10.4 Å². The highest BCUT2D eigenvalue weighted by molar-refractivity contribution is 7.21. The van der Waals surface area contributed by atoms with Crippen molar-refractivity contribution in [3.63, 3.8) is 0 Å². The third-order valence-electron chi connectivity index (χ3n) is 3.48. The molecule has 112 valence electrons. The number of carboxylic acid groups (broad SMARTS) is 1. The average molecular weight is 320 g/mol. The van der Waals surface area contributed by atoms with Gasteiger partial charge in [-0.2, -0.15) is 0 Å². The summed E-state index contributed by atoms with van der Waals surface area (Å²) in [5.41, 5.74) is 1.44. The maximum absolute atomic E-state index is 13.5. The third-order valence-corrected chi connectivity index (χ3v) is 4.74. The number of aromatic hydroxyl groups is 1. The van der Waals surface area contributed by atoms with E-state index in [2.05, 4.69) is 0 Å². The van der Waals surface area contributed by atoms with E-state index < -0.39 is 23.4 Å². The van der Waals surface area contributed by atoms with E-state index >= 15 is 0 Å². The monoisotopic (exact) mass is 320 g/mol. The average Bonchev–Trinajstić information content (AvgIpc) is 2.81. The van der Waals surface area contributed by atoms with E-state index in [0.29, 0.717) is 11.1 Å². The Morgan fingerprint density at radius 1 is 1.09 bits per heavy atom. The quantitative estimate of drug-likeness (QED) is 0.728. The summed E-state index contributed by atoms with van der Waals surface area (Å²) in [6.45, 7) is 1.70. The van der Waals surface area contributed by atoms with Crippen LogP contribution in [0.25, 0.3) is 21.2 Å². The van der Waals surface area contributed by atoms with Crippen molar-refractivity contribution in [2.75, 3.05) is 0 Å². The van der Waals surface area contributed by atoms with Gasteiger partial charge < -0.3 is 10.2 Å². The van der Waals surface area contributed by atoms with Gasteiger partial charge in [0.05, 0.1) is 0 Å². The summed E-state index contributed by atoms with van der Waals surface area (Å²) < 4.78 is 27.7. The first kappa shape index (κ1) is 14.5. The first-order valence-electron chi connectivity index (χ1n) is 6.33. The second kappa shape index (κ2) is 5.06. The highest BCUT2D eigenvalue weighted by atomic mass is 32.1. The molecule has 3 nitrogen and oxygen atoms in total. The Kier molecular flexibility index (Phi) is 3.33. The zero-order chi connectivity index (χ0) is 16.0. The van der Waals surface area contributed by atoms with Crippen LogP contribution in [0, 0.1) is 18.6 Å². The number of halogens is 2. The fourth-order valence-corrected chi connectivity index (χ4v) is 3.36. The first-order chi connectivity index (χ1) is 10.4. The summed E-state index contributed by atoms with van der Waals surface area (Å²) in [6.07, 6.45) is 0. The van der Waals surface area contributed by atoms with Crippen molar-refractivity contribution < 1.29 is 23.8 Å². The van der Waals surface area contributed by atoms with E-state index in [1.54, 1.807) is 25.1 Å². The van der Waals surface area contributed by atoms with Crippen LogP contribution >= 0.6 is 11.3 Å². The van der Waals surface area contributed by atoms with Crippen LogP contribution in [0.1, 0.15) is 15.2 Å². The predicted octanol–water partition coefficient (Wildman–Crippen LogP) is 4.56. The maximum atomic E-state index is 13.5. The van der Waals surface area contributed by atoms with Gasteiger partial charge in [0.25, 0.3) is 0 Å². The third kappa shape index (κ3) is 2.21. The molecule has 3 aromatic rings. The molecule has 0 fully saturated rings. The topological polar surface area (TPSA) is 57.5 Å². The Labute approximate surface area is 128 Å². The van der Waals surface area contributed by atoms with Crippen molar-refractivity contribution >= 4 is 27.4 Å². The van der Waals surface area contributed by atoms with Gasteiger partial charge in [-0.05, 0) is 53.3 Å². The standard InChI is InChI=1S/C16H10F2O3S/c1-7-10-4-8(2-3-13(10)22-15(7)16(20)21)9-5-11(17)14(19)12(18)6-9/h2-6,19H,1H3,(H,20,21). The van der Waals surface area contributed by atoms with Crippen LogP contribution in [-0.4, -0.2) is 16.2 Å². The highest BCUT2D eigenvalue weighted by Gasteiger charge is 2.16. The van der Waals surface area contributed by atoms with Gasteiger partial charge in [-0.15, -0.1) is 11.3 Å². The van der Waals surface area contributed by atoms with E-state index in [0.717, 1.165) is 33.6 Å². The Morgan fingerprint density at radius 2 is 1.73 bits per heavy atom. The van der Waals surface area contributed by atoms with Gasteiger partial charge >= 0.3 is 5.97 Å². The van der Waals surface area contributed by atoms with Gasteiger partial charge in [0.15, 0.2) is 17.4 Å². The van der Waals surface area contributed by atoms with E-state index in [1.807, 2.05) is 0 Å².